The van der Waals surface area contributed by atoms with Crippen molar-refractivity contribution in [3.8, 4) is 23.0 Å². The predicted molar refractivity (Wildman–Crippen MR) is 132 cm³/mol. The quantitative estimate of drug-likeness (QED) is 0.316. The van der Waals surface area contributed by atoms with Gasteiger partial charge in [0.15, 0.2) is 23.0 Å². The molecule has 34 heavy (non-hydrogen) atoms. The number of fused-ring (bicyclic) bond motifs is 1. The number of nitrogens with zero attached hydrogens (tertiary/aromatic N) is 1. The van der Waals surface area contributed by atoms with Crippen LogP contribution >= 0.6 is 23.4 Å². The van der Waals surface area contributed by atoms with Gasteiger partial charge in [-0.05, 0) is 67.4 Å². The van der Waals surface area contributed by atoms with Crippen molar-refractivity contribution in [2.24, 2.45) is 0 Å². The standard InChI is InChI=1S/C25H24ClNO6S/c1-4-7-16-8-15(9-21(30-5-2)23(16)31-6-3)10-22-24(28)27(25(29)34-22)13-17-11-19-20(12-18(17)26)33-14-32-19/h4,8-12H,1,5-7,13-14H2,2-3H3/b22-10-. The number of ether oxygens (including phenoxy) is 4. The first-order chi connectivity index (χ1) is 16.4. The third-order valence-corrected chi connectivity index (χ3v) is 6.41. The van der Waals surface area contributed by atoms with Gasteiger partial charge in [-0.25, -0.2) is 0 Å². The van der Waals surface area contributed by atoms with E-state index in [1.165, 1.54) is 4.90 Å². The topological polar surface area (TPSA) is 74.3 Å². The number of amides is 2. The summed E-state index contributed by atoms with van der Waals surface area (Å²) < 4.78 is 22.3. The third kappa shape index (κ3) is 4.88. The fourth-order valence-electron chi connectivity index (χ4n) is 3.68. The maximum absolute atomic E-state index is 13.1. The molecule has 0 spiro atoms. The van der Waals surface area contributed by atoms with Crippen LogP contribution in [0.25, 0.3) is 6.08 Å². The lowest BCUT2D eigenvalue weighted by molar-refractivity contribution is -0.123. The third-order valence-electron chi connectivity index (χ3n) is 5.15. The van der Waals surface area contributed by atoms with Gasteiger partial charge in [0.2, 0.25) is 6.79 Å². The molecule has 0 atom stereocenters. The van der Waals surface area contributed by atoms with Crippen LogP contribution in [0, 0.1) is 0 Å². The average molecular weight is 502 g/mol. The number of carbonyl (C=O) groups is 2. The van der Waals surface area contributed by atoms with Crippen LogP contribution < -0.4 is 18.9 Å². The van der Waals surface area contributed by atoms with Crippen LogP contribution in [0.5, 0.6) is 23.0 Å². The van der Waals surface area contributed by atoms with Crippen molar-refractivity contribution in [2.75, 3.05) is 20.0 Å². The molecule has 4 rings (SSSR count). The second-order valence-corrected chi connectivity index (χ2v) is 8.83. The van der Waals surface area contributed by atoms with Crippen LogP contribution in [0.15, 0.2) is 41.8 Å². The molecular formula is C25H24ClNO6S. The fourth-order valence-corrected chi connectivity index (χ4v) is 4.74. The van der Waals surface area contributed by atoms with Gasteiger partial charge in [-0.15, -0.1) is 6.58 Å². The molecule has 7 nitrogen and oxygen atoms in total. The number of thioether (sulfide) groups is 1. The highest BCUT2D eigenvalue weighted by Gasteiger charge is 2.36. The Labute approximate surface area is 207 Å². The molecule has 0 N–H and O–H groups in total. The van der Waals surface area contributed by atoms with Crippen LogP contribution in [0.1, 0.15) is 30.5 Å². The lowest BCUT2D eigenvalue weighted by Crippen LogP contribution is -2.27. The summed E-state index contributed by atoms with van der Waals surface area (Å²) >= 11 is 7.23. The van der Waals surface area contributed by atoms with Gasteiger partial charge in [-0.3, -0.25) is 14.5 Å². The molecule has 0 saturated carbocycles. The molecule has 2 aliphatic heterocycles. The summed E-state index contributed by atoms with van der Waals surface area (Å²) in [5, 5.41) is 0.0292. The lowest BCUT2D eigenvalue weighted by atomic mass is 10.0. The Morgan fingerprint density at radius 2 is 1.82 bits per heavy atom. The Hall–Kier alpha value is -3.10. The van der Waals surface area contributed by atoms with Crippen molar-refractivity contribution in [1.29, 1.82) is 0 Å². The maximum Gasteiger partial charge on any atom is 0.293 e. The van der Waals surface area contributed by atoms with Crippen molar-refractivity contribution in [3.05, 3.63) is 63.5 Å². The number of allylic oxidation sites excluding steroid dienone is 1. The Bertz CT molecular complexity index is 1180. The summed E-state index contributed by atoms with van der Waals surface area (Å²) in [6.45, 7) is 8.71. The molecule has 9 heteroatoms. The minimum absolute atomic E-state index is 0.0344. The molecule has 2 amide bonds. The van der Waals surface area contributed by atoms with Crippen LogP contribution in [0.2, 0.25) is 5.02 Å². The predicted octanol–water partition coefficient (Wildman–Crippen LogP) is 5.83. The Kier molecular flexibility index (Phi) is 7.38. The largest absolute Gasteiger partial charge is 0.490 e. The highest BCUT2D eigenvalue weighted by molar-refractivity contribution is 8.18. The smallest absolute Gasteiger partial charge is 0.293 e. The summed E-state index contributed by atoms with van der Waals surface area (Å²) in [4.78, 5) is 27.3. The number of hydrogen-bond donors (Lipinski definition) is 0. The van der Waals surface area contributed by atoms with Crippen LogP contribution in [-0.2, 0) is 17.8 Å². The number of halogens is 1. The summed E-state index contributed by atoms with van der Waals surface area (Å²) in [7, 11) is 0. The normalized spacial score (nSPS) is 15.9. The molecule has 0 aromatic heterocycles. The number of imide groups is 1. The van der Waals surface area contributed by atoms with E-state index in [2.05, 4.69) is 6.58 Å². The number of carbonyl (C=O) groups excluding carboxylic acids is 2. The first kappa shape index (κ1) is 24.0. The molecular weight excluding hydrogens is 478 g/mol. The molecule has 2 aliphatic rings. The van der Waals surface area contributed by atoms with E-state index in [1.54, 1.807) is 24.3 Å². The summed E-state index contributed by atoms with van der Waals surface area (Å²) in [5.41, 5.74) is 2.22. The van der Waals surface area contributed by atoms with Gasteiger partial charge in [0, 0.05) is 16.7 Å². The van der Waals surface area contributed by atoms with E-state index >= 15 is 0 Å². The van der Waals surface area contributed by atoms with Crippen molar-refractivity contribution in [3.63, 3.8) is 0 Å². The van der Waals surface area contributed by atoms with Gasteiger partial charge in [0.25, 0.3) is 11.1 Å². The van der Waals surface area contributed by atoms with Crippen molar-refractivity contribution in [1.82, 2.24) is 4.90 Å². The zero-order chi connectivity index (χ0) is 24.2. The van der Waals surface area contributed by atoms with Crippen molar-refractivity contribution in [2.45, 2.75) is 26.8 Å². The lowest BCUT2D eigenvalue weighted by Gasteiger charge is -2.16. The van der Waals surface area contributed by atoms with Crippen molar-refractivity contribution >= 4 is 40.6 Å². The molecule has 1 saturated heterocycles. The van der Waals surface area contributed by atoms with Gasteiger partial charge >= 0.3 is 0 Å². The fraction of sp³-hybridized carbons (Fsp3) is 0.280. The molecule has 2 aromatic rings. The van der Waals surface area contributed by atoms with E-state index < -0.39 is 0 Å². The first-order valence-corrected chi connectivity index (χ1v) is 12.0. The van der Waals surface area contributed by atoms with Gasteiger partial charge in [0.1, 0.15) is 0 Å². The van der Waals surface area contributed by atoms with E-state index in [0.29, 0.717) is 58.1 Å². The molecule has 2 heterocycles. The molecule has 2 aromatic carbocycles. The highest BCUT2D eigenvalue weighted by atomic mass is 35.5. The first-order valence-electron chi connectivity index (χ1n) is 10.8. The molecule has 0 aliphatic carbocycles. The summed E-state index contributed by atoms with van der Waals surface area (Å²) in [6, 6.07) is 7.05. The van der Waals surface area contributed by atoms with E-state index in [-0.39, 0.29) is 24.5 Å². The molecule has 1 fully saturated rings. The van der Waals surface area contributed by atoms with Gasteiger partial charge < -0.3 is 18.9 Å². The van der Waals surface area contributed by atoms with E-state index in [4.69, 9.17) is 30.5 Å². The second-order valence-electron chi connectivity index (χ2n) is 7.43. The molecule has 0 bridgehead atoms. The van der Waals surface area contributed by atoms with Crippen LogP contribution in [-0.4, -0.2) is 36.1 Å². The summed E-state index contributed by atoms with van der Waals surface area (Å²) in [5.74, 6) is 1.93. The second kappa shape index (κ2) is 10.4. The SMILES string of the molecule is C=CCc1cc(/C=C2\SC(=O)N(Cc3cc4c(cc3Cl)OCO4)C2=O)cc(OCC)c1OCC. The Morgan fingerprint density at radius 1 is 1.09 bits per heavy atom. The Morgan fingerprint density at radius 3 is 2.53 bits per heavy atom. The molecule has 0 unspecified atom stereocenters. The Balaban J connectivity index is 1.62. The van der Waals surface area contributed by atoms with Crippen molar-refractivity contribution < 1.29 is 28.5 Å². The number of rotatable bonds is 9. The van der Waals surface area contributed by atoms with Crippen LogP contribution in [0.4, 0.5) is 4.79 Å². The zero-order valence-electron chi connectivity index (χ0n) is 18.9. The van der Waals surface area contributed by atoms with Gasteiger partial charge in [-0.2, -0.15) is 0 Å². The van der Waals surface area contributed by atoms with E-state index in [0.717, 1.165) is 22.9 Å². The monoisotopic (exact) mass is 501 g/mol. The molecule has 0 radical (unpaired) electrons. The highest BCUT2D eigenvalue weighted by Crippen LogP contribution is 2.40. The van der Waals surface area contributed by atoms with Crippen LogP contribution in [0.3, 0.4) is 0 Å². The summed E-state index contributed by atoms with van der Waals surface area (Å²) in [6.07, 6.45) is 4.04. The van der Waals surface area contributed by atoms with E-state index in [9.17, 15) is 9.59 Å². The van der Waals surface area contributed by atoms with Gasteiger partial charge in [-0.1, -0.05) is 17.7 Å². The number of hydrogen-bond acceptors (Lipinski definition) is 7. The minimum atomic E-state index is -0.388. The minimum Gasteiger partial charge on any atom is -0.490 e. The zero-order valence-corrected chi connectivity index (χ0v) is 20.5. The van der Waals surface area contributed by atoms with Gasteiger partial charge in [0.05, 0.1) is 24.7 Å². The van der Waals surface area contributed by atoms with E-state index in [1.807, 2.05) is 26.0 Å². The molecule has 178 valence electrons. The average Bonchev–Trinajstić information content (AvgIpc) is 3.35. The maximum atomic E-state index is 13.1. The number of benzene rings is 2.